The molecule has 0 saturated carbocycles. The zero-order chi connectivity index (χ0) is 15.2. The quantitative estimate of drug-likeness (QED) is 0.826. The van der Waals surface area contributed by atoms with Crippen molar-refractivity contribution in [1.29, 1.82) is 0 Å². The van der Waals surface area contributed by atoms with Crippen LogP contribution in [0.15, 0.2) is 42.5 Å². The van der Waals surface area contributed by atoms with Crippen molar-refractivity contribution in [2.45, 2.75) is 33.4 Å². The van der Waals surface area contributed by atoms with Crippen LogP contribution in [0.4, 0.5) is 11.5 Å². The molecule has 0 saturated heterocycles. The van der Waals surface area contributed by atoms with Gasteiger partial charge >= 0.3 is 0 Å². The molecule has 1 aromatic carbocycles. The van der Waals surface area contributed by atoms with Gasteiger partial charge in [-0.2, -0.15) is 4.98 Å². The first-order valence-corrected chi connectivity index (χ1v) is 7.31. The molecule has 0 aliphatic heterocycles. The van der Waals surface area contributed by atoms with E-state index in [1.165, 1.54) is 5.56 Å². The second kappa shape index (κ2) is 6.97. The normalized spacial score (nSPS) is 10.7. The molecule has 21 heavy (non-hydrogen) atoms. The fourth-order valence-electron chi connectivity index (χ4n) is 2.14. The molecule has 0 amide bonds. The standard InChI is InChI=1S/C17H23N3O/c1-4-21-17-7-5-6-16(19-17)20(13(2)3)12-14-8-10-15(18)11-9-14/h5-11,13H,4,12,18H2,1-3H3. The Hall–Kier alpha value is -2.23. The van der Waals surface area contributed by atoms with Crippen LogP contribution in [0.3, 0.4) is 0 Å². The van der Waals surface area contributed by atoms with E-state index in [1.807, 2.05) is 37.3 Å². The second-order valence-corrected chi connectivity index (χ2v) is 5.23. The predicted molar refractivity (Wildman–Crippen MR) is 87.6 cm³/mol. The largest absolute Gasteiger partial charge is 0.478 e. The van der Waals surface area contributed by atoms with Gasteiger partial charge < -0.3 is 15.4 Å². The molecule has 0 unspecified atom stereocenters. The van der Waals surface area contributed by atoms with Gasteiger partial charge in [0.1, 0.15) is 5.82 Å². The third-order valence-corrected chi connectivity index (χ3v) is 3.25. The Kier molecular flexibility index (Phi) is 5.04. The van der Waals surface area contributed by atoms with Crippen LogP contribution >= 0.6 is 0 Å². The van der Waals surface area contributed by atoms with Gasteiger partial charge in [0, 0.05) is 24.3 Å². The number of aromatic nitrogens is 1. The third kappa shape index (κ3) is 4.12. The van der Waals surface area contributed by atoms with Gasteiger partial charge in [-0.1, -0.05) is 18.2 Å². The van der Waals surface area contributed by atoms with Crippen molar-refractivity contribution in [2.24, 2.45) is 0 Å². The van der Waals surface area contributed by atoms with Crippen LogP contribution in [0, 0.1) is 0 Å². The number of nitrogen functional groups attached to an aromatic ring is 1. The third-order valence-electron chi connectivity index (χ3n) is 3.25. The summed E-state index contributed by atoms with van der Waals surface area (Å²) < 4.78 is 5.49. The summed E-state index contributed by atoms with van der Waals surface area (Å²) in [4.78, 5) is 6.82. The van der Waals surface area contributed by atoms with Gasteiger partial charge in [-0.05, 0) is 44.5 Å². The first kappa shape index (κ1) is 15.2. The van der Waals surface area contributed by atoms with E-state index in [0.29, 0.717) is 18.5 Å². The van der Waals surface area contributed by atoms with Gasteiger partial charge in [-0.25, -0.2) is 0 Å². The summed E-state index contributed by atoms with van der Waals surface area (Å²) in [5, 5.41) is 0. The fourth-order valence-corrected chi connectivity index (χ4v) is 2.14. The van der Waals surface area contributed by atoms with Gasteiger partial charge in [0.05, 0.1) is 6.61 Å². The Morgan fingerprint density at radius 1 is 1.14 bits per heavy atom. The van der Waals surface area contributed by atoms with E-state index in [0.717, 1.165) is 18.1 Å². The first-order valence-electron chi connectivity index (χ1n) is 7.31. The molecule has 0 atom stereocenters. The van der Waals surface area contributed by atoms with Crippen LogP contribution in [-0.2, 0) is 6.54 Å². The topological polar surface area (TPSA) is 51.4 Å². The average Bonchev–Trinajstić information content (AvgIpc) is 2.47. The molecule has 112 valence electrons. The Morgan fingerprint density at radius 3 is 2.48 bits per heavy atom. The molecule has 0 fully saturated rings. The van der Waals surface area contributed by atoms with E-state index in [2.05, 4.69) is 35.9 Å². The molecule has 1 aromatic heterocycles. The minimum Gasteiger partial charge on any atom is -0.478 e. The number of hydrogen-bond acceptors (Lipinski definition) is 4. The molecule has 2 N–H and O–H groups in total. The molecule has 0 spiro atoms. The number of nitrogens with zero attached hydrogens (tertiary/aromatic N) is 2. The van der Waals surface area contributed by atoms with E-state index in [1.54, 1.807) is 0 Å². The molecule has 0 bridgehead atoms. The van der Waals surface area contributed by atoms with Gasteiger partial charge in [0.25, 0.3) is 0 Å². The summed E-state index contributed by atoms with van der Waals surface area (Å²) in [6.45, 7) is 7.69. The van der Waals surface area contributed by atoms with Crippen LogP contribution < -0.4 is 15.4 Å². The number of anilines is 2. The van der Waals surface area contributed by atoms with Crippen molar-refractivity contribution < 1.29 is 4.74 Å². The lowest BCUT2D eigenvalue weighted by atomic mass is 10.1. The van der Waals surface area contributed by atoms with E-state index in [9.17, 15) is 0 Å². The van der Waals surface area contributed by atoms with E-state index < -0.39 is 0 Å². The molecule has 1 heterocycles. The highest BCUT2D eigenvalue weighted by Gasteiger charge is 2.13. The second-order valence-electron chi connectivity index (χ2n) is 5.23. The van der Waals surface area contributed by atoms with Crippen molar-refractivity contribution in [1.82, 2.24) is 4.98 Å². The average molecular weight is 285 g/mol. The van der Waals surface area contributed by atoms with Crippen molar-refractivity contribution >= 4 is 11.5 Å². The SMILES string of the molecule is CCOc1cccc(N(Cc2ccc(N)cc2)C(C)C)n1. The summed E-state index contributed by atoms with van der Waals surface area (Å²) in [5.74, 6) is 1.59. The molecule has 2 rings (SSSR count). The summed E-state index contributed by atoms with van der Waals surface area (Å²) in [7, 11) is 0. The lowest BCUT2D eigenvalue weighted by Crippen LogP contribution is -2.30. The van der Waals surface area contributed by atoms with Crippen molar-refractivity contribution in [2.75, 3.05) is 17.2 Å². The Labute approximate surface area is 126 Å². The summed E-state index contributed by atoms with van der Waals surface area (Å²) in [5.41, 5.74) is 7.73. The maximum absolute atomic E-state index is 5.74. The number of nitrogens with two attached hydrogens (primary N) is 1. The van der Waals surface area contributed by atoms with Crippen molar-refractivity contribution in [3.63, 3.8) is 0 Å². The minimum atomic E-state index is 0.340. The fraction of sp³-hybridized carbons (Fsp3) is 0.353. The molecule has 2 aromatic rings. The van der Waals surface area contributed by atoms with Gasteiger partial charge in [0.2, 0.25) is 5.88 Å². The highest BCUT2D eigenvalue weighted by atomic mass is 16.5. The lowest BCUT2D eigenvalue weighted by molar-refractivity contribution is 0.327. The smallest absolute Gasteiger partial charge is 0.215 e. The zero-order valence-electron chi connectivity index (χ0n) is 12.9. The Balaban J connectivity index is 2.22. The molecular formula is C17H23N3O. The molecular weight excluding hydrogens is 262 g/mol. The van der Waals surface area contributed by atoms with E-state index in [-0.39, 0.29) is 0 Å². The highest BCUT2D eigenvalue weighted by Crippen LogP contribution is 2.21. The van der Waals surface area contributed by atoms with Gasteiger partial charge in [-0.15, -0.1) is 0 Å². The molecule has 4 nitrogen and oxygen atoms in total. The molecule has 0 aliphatic rings. The number of benzene rings is 1. The number of hydrogen-bond donors (Lipinski definition) is 1. The highest BCUT2D eigenvalue weighted by molar-refractivity contribution is 5.44. The number of rotatable bonds is 6. The van der Waals surface area contributed by atoms with E-state index >= 15 is 0 Å². The first-order chi connectivity index (χ1) is 10.1. The lowest BCUT2D eigenvalue weighted by Gasteiger charge is -2.28. The Morgan fingerprint density at radius 2 is 1.86 bits per heavy atom. The zero-order valence-corrected chi connectivity index (χ0v) is 12.9. The summed E-state index contributed by atoms with van der Waals surface area (Å²) in [6.07, 6.45) is 0. The maximum Gasteiger partial charge on any atom is 0.215 e. The monoisotopic (exact) mass is 285 g/mol. The van der Waals surface area contributed by atoms with Crippen molar-refractivity contribution in [3.05, 3.63) is 48.0 Å². The molecule has 4 heteroatoms. The van der Waals surface area contributed by atoms with E-state index in [4.69, 9.17) is 10.5 Å². The van der Waals surface area contributed by atoms with Gasteiger partial charge in [0.15, 0.2) is 0 Å². The number of ether oxygens (including phenoxy) is 1. The summed E-state index contributed by atoms with van der Waals surface area (Å²) in [6, 6.07) is 14.2. The van der Waals surface area contributed by atoms with Crippen LogP contribution in [0.2, 0.25) is 0 Å². The minimum absolute atomic E-state index is 0.340. The maximum atomic E-state index is 5.74. The Bertz CT molecular complexity index is 567. The molecule has 0 radical (unpaired) electrons. The predicted octanol–water partition coefficient (Wildman–Crippen LogP) is 3.48. The van der Waals surface area contributed by atoms with Crippen LogP contribution in [0.5, 0.6) is 5.88 Å². The summed E-state index contributed by atoms with van der Waals surface area (Å²) >= 11 is 0. The number of pyridine rings is 1. The van der Waals surface area contributed by atoms with Crippen molar-refractivity contribution in [3.8, 4) is 5.88 Å². The van der Waals surface area contributed by atoms with Crippen LogP contribution in [0.25, 0.3) is 0 Å². The van der Waals surface area contributed by atoms with Crippen LogP contribution in [-0.4, -0.2) is 17.6 Å². The van der Waals surface area contributed by atoms with Gasteiger partial charge in [-0.3, -0.25) is 0 Å². The molecule has 0 aliphatic carbocycles. The van der Waals surface area contributed by atoms with Crippen LogP contribution in [0.1, 0.15) is 26.3 Å².